The number of anilines is 1. The number of nitrogens with one attached hydrogen (secondary N) is 2. The van der Waals surface area contributed by atoms with Crippen molar-refractivity contribution in [3.63, 3.8) is 0 Å². The fourth-order valence-corrected chi connectivity index (χ4v) is 2.48. The summed E-state index contributed by atoms with van der Waals surface area (Å²) in [7, 11) is 1.90. The highest BCUT2D eigenvalue weighted by Gasteiger charge is 2.07. The summed E-state index contributed by atoms with van der Waals surface area (Å²) in [6.45, 7) is 5.17. The zero-order chi connectivity index (χ0) is 13.4. The number of hydrogen-bond donors (Lipinski definition) is 2. The Morgan fingerprint density at radius 3 is 2.72 bits per heavy atom. The first kappa shape index (κ1) is 15.1. The highest BCUT2D eigenvalue weighted by atomic mass is 32.2. The van der Waals surface area contributed by atoms with Gasteiger partial charge >= 0.3 is 0 Å². The minimum absolute atomic E-state index is 0.0852. The molecular formula is C14H22N2OS. The first-order chi connectivity index (χ1) is 8.63. The molecule has 1 aromatic rings. The van der Waals surface area contributed by atoms with E-state index in [9.17, 15) is 4.79 Å². The molecule has 0 unspecified atom stereocenters. The van der Waals surface area contributed by atoms with Gasteiger partial charge in [0.25, 0.3) is 0 Å². The summed E-state index contributed by atoms with van der Waals surface area (Å²) in [5.41, 5.74) is 0.922. The molecule has 0 heterocycles. The molecule has 1 amide bonds. The quantitative estimate of drug-likeness (QED) is 0.588. The molecule has 0 atom stereocenters. The van der Waals surface area contributed by atoms with Crippen LogP contribution in [0.4, 0.5) is 5.69 Å². The molecule has 0 spiro atoms. The van der Waals surface area contributed by atoms with Gasteiger partial charge in [-0.15, -0.1) is 11.8 Å². The van der Waals surface area contributed by atoms with E-state index in [0.717, 1.165) is 23.5 Å². The molecule has 3 nitrogen and oxygen atoms in total. The van der Waals surface area contributed by atoms with E-state index >= 15 is 0 Å². The fourth-order valence-electron chi connectivity index (χ4n) is 1.57. The van der Waals surface area contributed by atoms with Gasteiger partial charge in [0.2, 0.25) is 5.91 Å². The summed E-state index contributed by atoms with van der Waals surface area (Å²) in [5, 5.41) is 6.53. The number of para-hydroxylation sites is 1. The molecule has 0 saturated carbocycles. The molecule has 18 heavy (non-hydrogen) atoms. The third-order valence-electron chi connectivity index (χ3n) is 2.35. The number of carbonyl (C=O) groups excluding carboxylic acids is 1. The summed E-state index contributed by atoms with van der Waals surface area (Å²) >= 11 is 1.77. The lowest BCUT2D eigenvalue weighted by Crippen LogP contribution is -2.15. The molecule has 0 aliphatic rings. The summed E-state index contributed by atoms with van der Waals surface area (Å²) < 4.78 is 0. The van der Waals surface area contributed by atoms with E-state index in [1.807, 2.05) is 31.3 Å². The van der Waals surface area contributed by atoms with Crippen molar-refractivity contribution in [3.8, 4) is 0 Å². The second-order valence-corrected chi connectivity index (χ2v) is 6.04. The molecule has 1 aromatic carbocycles. The van der Waals surface area contributed by atoms with E-state index in [-0.39, 0.29) is 5.91 Å². The summed E-state index contributed by atoms with van der Waals surface area (Å²) in [6.07, 6.45) is 1.42. The van der Waals surface area contributed by atoms with Gasteiger partial charge in [-0.2, -0.15) is 0 Å². The van der Waals surface area contributed by atoms with Crippen LogP contribution in [0.1, 0.15) is 26.7 Å². The minimum Gasteiger partial charge on any atom is -0.325 e. The molecule has 0 radical (unpaired) electrons. The predicted octanol–water partition coefficient (Wildman–Crippen LogP) is 3.13. The van der Waals surface area contributed by atoms with Gasteiger partial charge in [-0.1, -0.05) is 26.0 Å². The molecule has 0 fully saturated rings. The van der Waals surface area contributed by atoms with Crippen molar-refractivity contribution >= 4 is 23.4 Å². The lowest BCUT2D eigenvalue weighted by Gasteiger charge is -2.12. The Kier molecular flexibility index (Phi) is 6.83. The molecule has 0 aliphatic carbocycles. The SMILES string of the molecule is CNCCCC(=O)Nc1ccccc1SC(C)C. The zero-order valence-corrected chi connectivity index (χ0v) is 12.1. The molecule has 0 aromatic heterocycles. The summed E-state index contributed by atoms with van der Waals surface area (Å²) in [4.78, 5) is 12.9. The third kappa shape index (κ3) is 5.56. The van der Waals surface area contributed by atoms with Gasteiger partial charge in [-0.05, 0) is 32.1 Å². The topological polar surface area (TPSA) is 41.1 Å². The van der Waals surface area contributed by atoms with Crippen molar-refractivity contribution in [2.24, 2.45) is 0 Å². The normalized spacial score (nSPS) is 10.7. The highest BCUT2D eigenvalue weighted by molar-refractivity contribution is 8.00. The van der Waals surface area contributed by atoms with Crippen LogP contribution in [-0.4, -0.2) is 24.7 Å². The number of rotatable bonds is 7. The largest absolute Gasteiger partial charge is 0.325 e. The molecule has 4 heteroatoms. The van der Waals surface area contributed by atoms with Crippen LogP contribution >= 0.6 is 11.8 Å². The molecule has 100 valence electrons. The number of carbonyl (C=O) groups is 1. The smallest absolute Gasteiger partial charge is 0.224 e. The average molecular weight is 266 g/mol. The van der Waals surface area contributed by atoms with Crippen LogP contribution in [-0.2, 0) is 4.79 Å². The Labute approximate surface area is 114 Å². The van der Waals surface area contributed by atoms with E-state index in [0.29, 0.717) is 11.7 Å². The zero-order valence-electron chi connectivity index (χ0n) is 11.3. The van der Waals surface area contributed by atoms with Crippen LogP contribution in [0.15, 0.2) is 29.2 Å². The molecule has 0 saturated heterocycles. The number of hydrogen-bond acceptors (Lipinski definition) is 3. The van der Waals surface area contributed by atoms with Crippen LogP contribution in [0.25, 0.3) is 0 Å². The maximum Gasteiger partial charge on any atom is 0.224 e. The monoisotopic (exact) mass is 266 g/mol. The van der Waals surface area contributed by atoms with Crippen LogP contribution in [0, 0.1) is 0 Å². The van der Waals surface area contributed by atoms with Crippen molar-refractivity contribution in [3.05, 3.63) is 24.3 Å². The first-order valence-corrected chi connectivity index (χ1v) is 7.21. The van der Waals surface area contributed by atoms with E-state index < -0.39 is 0 Å². The lowest BCUT2D eigenvalue weighted by atomic mass is 10.2. The van der Waals surface area contributed by atoms with E-state index in [1.165, 1.54) is 0 Å². The number of amides is 1. The Morgan fingerprint density at radius 1 is 1.33 bits per heavy atom. The molecule has 0 bridgehead atoms. The average Bonchev–Trinajstić information content (AvgIpc) is 2.31. The first-order valence-electron chi connectivity index (χ1n) is 6.33. The second kappa shape index (κ2) is 8.16. The van der Waals surface area contributed by atoms with Gasteiger partial charge in [-0.25, -0.2) is 0 Å². The Hall–Kier alpha value is -1.00. The van der Waals surface area contributed by atoms with Gasteiger partial charge in [0.05, 0.1) is 5.69 Å². The standard InChI is InChI=1S/C14H22N2OS/c1-11(2)18-13-8-5-4-7-12(13)16-14(17)9-6-10-15-3/h4-5,7-8,11,15H,6,9-10H2,1-3H3,(H,16,17). The third-order valence-corrected chi connectivity index (χ3v) is 3.44. The molecule has 0 aliphatic heterocycles. The van der Waals surface area contributed by atoms with Crippen molar-refractivity contribution in [1.82, 2.24) is 5.32 Å². The maximum atomic E-state index is 11.8. The summed E-state index contributed by atoms with van der Waals surface area (Å²) in [6, 6.07) is 7.96. The van der Waals surface area contributed by atoms with Gasteiger partial charge in [-0.3, -0.25) is 4.79 Å². The van der Waals surface area contributed by atoms with Crippen LogP contribution in [0.5, 0.6) is 0 Å². The van der Waals surface area contributed by atoms with Crippen molar-refractivity contribution in [2.45, 2.75) is 36.8 Å². The molecule has 1 rings (SSSR count). The van der Waals surface area contributed by atoms with E-state index in [4.69, 9.17) is 0 Å². The number of benzene rings is 1. The van der Waals surface area contributed by atoms with Gasteiger partial charge in [0.15, 0.2) is 0 Å². The summed E-state index contributed by atoms with van der Waals surface area (Å²) in [5.74, 6) is 0.0852. The van der Waals surface area contributed by atoms with Crippen molar-refractivity contribution < 1.29 is 4.79 Å². The van der Waals surface area contributed by atoms with E-state index in [1.54, 1.807) is 11.8 Å². The number of thioether (sulfide) groups is 1. The van der Waals surface area contributed by atoms with E-state index in [2.05, 4.69) is 24.5 Å². The van der Waals surface area contributed by atoms with Gasteiger partial charge < -0.3 is 10.6 Å². The van der Waals surface area contributed by atoms with Crippen molar-refractivity contribution in [2.75, 3.05) is 18.9 Å². The van der Waals surface area contributed by atoms with Gasteiger partial charge in [0.1, 0.15) is 0 Å². The van der Waals surface area contributed by atoms with Crippen molar-refractivity contribution in [1.29, 1.82) is 0 Å². The molecule has 2 N–H and O–H groups in total. The Morgan fingerprint density at radius 2 is 2.06 bits per heavy atom. The fraction of sp³-hybridized carbons (Fsp3) is 0.500. The lowest BCUT2D eigenvalue weighted by molar-refractivity contribution is -0.116. The van der Waals surface area contributed by atoms with Gasteiger partial charge in [0, 0.05) is 16.6 Å². The van der Waals surface area contributed by atoms with Crippen LogP contribution in [0.2, 0.25) is 0 Å². The second-order valence-electron chi connectivity index (χ2n) is 4.42. The highest BCUT2D eigenvalue weighted by Crippen LogP contribution is 2.30. The Bertz CT molecular complexity index is 380. The maximum absolute atomic E-state index is 11.8. The van der Waals surface area contributed by atoms with Crippen LogP contribution in [0.3, 0.4) is 0 Å². The predicted molar refractivity (Wildman–Crippen MR) is 79.2 cm³/mol. The molecular weight excluding hydrogens is 244 g/mol. The van der Waals surface area contributed by atoms with Crippen LogP contribution < -0.4 is 10.6 Å². The minimum atomic E-state index is 0.0852. The Balaban J connectivity index is 2.57.